The van der Waals surface area contributed by atoms with Crippen LogP contribution in [0.25, 0.3) is 0 Å². The van der Waals surface area contributed by atoms with Crippen molar-refractivity contribution in [3.05, 3.63) is 68.8 Å². The van der Waals surface area contributed by atoms with Gasteiger partial charge in [-0.1, -0.05) is 35.3 Å². The first-order valence-electron chi connectivity index (χ1n) is 12.3. The highest BCUT2D eigenvalue weighted by molar-refractivity contribution is 6.35. The van der Waals surface area contributed by atoms with Gasteiger partial charge < -0.3 is 25.0 Å². The maximum atomic E-state index is 13.5. The second-order valence-corrected chi connectivity index (χ2v) is 9.76. The maximum absolute atomic E-state index is 13.5. The van der Waals surface area contributed by atoms with Crippen molar-refractivity contribution < 1.29 is 23.9 Å². The van der Waals surface area contributed by atoms with Gasteiger partial charge in [0.1, 0.15) is 0 Å². The van der Waals surface area contributed by atoms with E-state index >= 15 is 0 Å². The molecule has 2 heterocycles. The van der Waals surface area contributed by atoms with E-state index in [1.165, 1.54) is 0 Å². The topological polar surface area (TPSA) is 100 Å². The molecule has 0 spiro atoms. The van der Waals surface area contributed by atoms with Crippen molar-refractivity contribution in [2.45, 2.75) is 25.8 Å². The molecule has 0 aromatic heterocycles. The average molecular weight is 561 g/mol. The van der Waals surface area contributed by atoms with E-state index < -0.39 is 6.04 Å². The summed E-state index contributed by atoms with van der Waals surface area (Å²) in [6.45, 7) is 3.16. The molecule has 4 amide bonds. The highest BCUT2D eigenvalue weighted by Crippen LogP contribution is 2.39. The third kappa shape index (κ3) is 5.68. The molecule has 0 saturated carbocycles. The molecule has 0 saturated heterocycles. The molecule has 2 aromatic carbocycles. The van der Waals surface area contributed by atoms with Crippen LogP contribution in [0.2, 0.25) is 10.0 Å². The Balaban J connectivity index is 1.38. The molecule has 2 aromatic rings. The summed E-state index contributed by atoms with van der Waals surface area (Å²) in [6.07, 6.45) is 0.755. The van der Waals surface area contributed by atoms with Crippen LogP contribution in [0.3, 0.4) is 0 Å². The van der Waals surface area contributed by atoms with Crippen molar-refractivity contribution in [2.24, 2.45) is 0 Å². The molecule has 2 aliphatic heterocycles. The summed E-state index contributed by atoms with van der Waals surface area (Å²) < 4.78 is 10.6. The number of likely N-dealkylation sites (N-methyl/N-ethyl adjacent to an activating group) is 1. The largest absolute Gasteiger partial charge is 0.493 e. The van der Waals surface area contributed by atoms with Gasteiger partial charge in [-0.2, -0.15) is 0 Å². The highest BCUT2D eigenvalue weighted by Gasteiger charge is 2.44. The Morgan fingerprint density at radius 2 is 1.87 bits per heavy atom. The number of hydrogen-bond donors (Lipinski definition) is 2. The number of nitrogens with zero attached hydrogens (tertiary/aromatic N) is 2. The summed E-state index contributed by atoms with van der Waals surface area (Å²) in [4.78, 5) is 42.0. The Bertz CT molecular complexity index is 1280. The van der Waals surface area contributed by atoms with Crippen LogP contribution in [0.5, 0.6) is 11.5 Å². The van der Waals surface area contributed by atoms with E-state index in [0.717, 1.165) is 5.56 Å². The van der Waals surface area contributed by atoms with Crippen molar-refractivity contribution in [3.63, 3.8) is 0 Å². The number of carbonyl (C=O) groups is 3. The van der Waals surface area contributed by atoms with E-state index in [0.29, 0.717) is 57.9 Å². The Hall–Kier alpha value is -3.43. The van der Waals surface area contributed by atoms with Crippen LogP contribution in [0.1, 0.15) is 30.5 Å². The number of amides is 4. The van der Waals surface area contributed by atoms with E-state index in [1.807, 2.05) is 25.1 Å². The summed E-state index contributed by atoms with van der Waals surface area (Å²) in [7, 11) is 3.16. The Labute approximate surface area is 231 Å². The minimum atomic E-state index is -0.696. The average Bonchev–Trinajstić information content (AvgIpc) is 3.22. The fraction of sp³-hybridized carbons (Fsp3) is 0.370. The number of nitrogens with one attached hydrogen (secondary N) is 2. The summed E-state index contributed by atoms with van der Waals surface area (Å²) in [5.41, 5.74) is 2.68. The molecular formula is C27H30Cl2N4O5. The molecule has 0 fully saturated rings. The minimum absolute atomic E-state index is 0.137. The Morgan fingerprint density at radius 1 is 1.11 bits per heavy atom. The van der Waals surface area contributed by atoms with E-state index in [1.54, 1.807) is 42.2 Å². The van der Waals surface area contributed by atoms with Crippen molar-refractivity contribution in [3.8, 4) is 11.5 Å². The number of urea groups is 1. The van der Waals surface area contributed by atoms with Crippen molar-refractivity contribution >= 4 is 41.0 Å². The second kappa shape index (κ2) is 12.0. The zero-order chi connectivity index (χ0) is 27.4. The molecule has 0 radical (unpaired) electrons. The van der Waals surface area contributed by atoms with E-state index in [9.17, 15) is 14.4 Å². The fourth-order valence-electron chi connectivity index (χ4n) is 4.74. The highest BCUT2D eigenvalue weighted by atomic mass is 35.5. The van der Waals surface area contributed by atoms with Crippen LogP contribution < -0.4 is 20.1 Å². The lowest BCUT2D eigenvalue weighted by atomic mass is 9.95. The predicted octanol–water partition coefficient (Wildman–Crippen LogP) is 3.94. The van der Waals surface area contributed by atoms with Gasteiger partial charge in [-0.05, 0) is 48.7 Å². The van der Waals surface area contributed by atoms with Gasteiger partial charge in [0.25, 0.3) is 5.91 Å². The zero-order valence-electron chi connectivity index (χ0n) is 21.5. The molecule has 0 aliphatic carbocycles. The first-order chi connectivity index (χ1) is 18.3. The van der Waals surface area contributed by atoms with Crippen molar-refractivity contribution in [1.29, 1.82) is 0 Å². The summed E-state index contributed by atoms with van der Waals surface area (Å²) in [6, 6.07) is 9.60. The second-order valence-electron chi connectivity index (χ2n) is 8.92. The van der Waals surface area contributed by atoms with E-state index in [2.05, 4.69) is 10.6 Å². The van der Waals surface area contributed by atoms with E-state index in [4.69, 9.17) is 32.7 Å². The molecule has 202 valence electrons. The van der Waals surface area contributed by atoms with Gasteiger partial charge in [-0.3, -0.25) is 14.5 Å². The number of halogens is 2. The smallest absolute Gasteiger partial charge is 0.322 e. The maximum Gasteiger partial charge on any atom is 0.322 e. The van der Waals surface area contributed by atoms with Gasteiger partial charge in [-0.15, -0.1) is 0 Å². The Morgan fingerprint density at radius 3 is 2.55 bits per heavy atom. The van der Waals surface area contributed by atoms with Crippen molar-refractivity contribution in [1.82, 2.24) is 20.4 Å². The first-order valence-corrected chi connectivity index (χ1v) is 13.1. The number of rotatable bonds is 10. The van der Waals surface area contributed by atoms with Crippen LogP contribution in [0.15, 0.2) is 47.7 Å². The molecule has 11 heteroatoms. The predicted molar refractivity (Wildman–Crippen MR) is 145 cm³/mol. The van der Waals surface area contributed by atoms with Crippen LogP contribution in [-0.2, 0) is 16.0 Å². The lowest BCUT2D eigenvalue weighted by molar-refractivity contribution is -0.127. The number of benzene rings is 2. The van der Waals surface area contributed by atoms with Gasteiger partial charge in [0, 0.05) is 36.1 Å². The molecule has 4 rings (SSSR count). The van der Waals surface area contributed by atoms with Gasteiger partial charge >= 0.3 is 6.03 Å². The van der Waals surface area contributed by atoms with Crippen LogP contribution >= 0.6 is 23.2 Å². The molecule has 9 nitrogen and oxygen atoms in total. The quantitative estimate of drug-likeness (QED) is 0.458. The number of hydrogen-bond acceptors (Lipinski definition) is 5. The zero-order valence-corrected chi connectivity index (χ0v) is 23.0. The van der Waals surface area contributed by atoms with Crippen LogP contribution in [0.4, 0.5) is 4.79 Å². The molecule has 1 unspecified atom stereocenters. The SMILES string of the molecule is CCN1C(=O)NC(c2ccc(Cl)cc2Cl)C2=C1CN(CCC(=O)NCCc1ccc(OC)c(OC)c1)C2=O. The fourth-order valence-corrected chi connectivity index (χ4v) is 5.26. The summed E-state index contributed by atoms with van der Waals surface area (Å²) in [5, 5.41) is 6.62. The van der Waals surface area contributed by atoms with Gasteiger partial charge in [0.15, 0.2) is 11.5 Å². The lowest BCUT2D eigenvalue weighted by Crippen LogP contribution is -2.47. The number of ether oxygens (including phenoxy) is 2. The number of carbonyl (C=O) groups excluding carboxylic acids is 3. The Kier molecular flexibility index (Phi) is 8.69. The minimum Gasteiger partial charge on any atom is -0.493 e. The van der Waals surface area contributed by atoms with Gasteiger partial charge in [0.2, 0.25) is 5.91 Å². The molecule has 2 aliphatic rings. The lowest BCUT2D eigenvalue weighted by Gasteiger charge is -2.33. The molecule has 38 heavy (non-hydrogen) atoms. The van der Waals surface area contributed by atoms with Crippen LogP contribution in [0, 0.1) is 0 Å². The third-order valence-corrected chi connectivity index (χ3v) is 7.24. The van der Waals surface area contributed by atoms with Gasteiger partial charge in [-0.25, -0.2) is 4.79 Å². The normalized spacial score (nSPS) is 16.9. The molecular weight excluding hydrogens is 531 g/mol. The third-order valence-electron chi connectivity index (χ3n) is 6.68. The van der Waals surface area contributed by atoms with Gasteiger partial charge in [0.05, 0.1) is 38.1 Å². The monoisotopic (exact) mass is 560 g/mol. The summed E-state index contributed by atoms with van der Waals surface area (Å²) in [5.74, 6) is 0.883. The standard InChI is InChI=1S/C27H30Cl2N4O5/c1-4-33-20-15-32(12-10-23(34)30-11-9-16-5-8-21(37-2)22(13-16)38-3)26(35)24(20)25(31-27(33)36)18-7-6-17(28)14-19(18)29/h5-8,13-14,25H,4,9-12,15H2,1-3H3,(H,30,34)(H,31,36). The summed E-state index contributed by atoms with van der Waals surface area (Å²) >= 11 is 12.5. The molecule has 2 N–H and O–H groups in total. The molecule has 1 atom stereocenters. The first kappa shape index (κ1) is 27.6. The van der Waals surface area contributed by atoms with Crippen LogP contribution in [-0.4, -0.2) is 68.0 Å². The van der Waals surface area contributed by atoms with Crippen molar-refractivity contribution in [2.75, 3.05) is 40.4 Å². The number of methoxy groups -OCH3 is 2. The molecule has 0 bridgehead atoms. The van der Waals surface area contributed by atoms with E-state index in [-0.39, 0.29) is 37.4 Å².